The summed E-state index contributed by atoms with van der Waals surface area (Å²) < 4.78 is 0. The van der Waals surface area contributed by atoms with Crippen LogP contribution in [-0.4, -0.2) is 41.1 Å². The molecular weight excluding hydrogens is 418 g/mol. The van der Waals surface area contributed by atoms with Crippen LogP contribution in [0.25, 0.3) is 22.6 Å². The normalized spacial score (nSPS) is 13.9. The Balaban J connectivity index is 1.44. The van der Waals surface area contributed by atoms with E-state index in [-0.39, 0.29) is 0 Å². The van der Waals surface area contributed by atoms with Crippen molar-refractivity contribution in [3.8, 4) is 22.6 Å². The van der Waals surface area contributed by atoms with E-state index < -0.39 is 0 Å². The molecule has 4 aromatic rings. The second-order valence-corrected chi connectivity index (χ2v) is 8.43. The fourth-order valence-corrected chi connectivity index (χ4v) is 4.06. The van der Waals surface area contributed by atoms with Gasteiger partial charge in [0.15, 0.2) is 5.82 Å². The summed E-state index contributed by atoms with van der Waals surface area (Å²) in [6, 6.07) is 22.5. The Labute approximate surface area is 193 Å². The average Bonchev–Trinajstić information content (AvgIpc) is 2.85. The van der Waals surface area contributed by atoms with Crippen molar-refractivity contribution >= 4 is 23.1 Å². The fraction of sp³-hybridized carbons (Fsp3) is 0.192. The van der Waals surface area contributed by atoms with Gasteiger partial charge in [0.05, 0.1) is 5.69 Å². The number of piperazine rings is 1. The number of pyridine rings is 1. The van der Waals surface area contributed by atoms with Crippen molar-refractivity contribution in [3.05, 3.63) is 89.7 Å². The topological polar surface area (TPSA) is 45.2 Å². The van der Waals surface area contributed by atoms with Crippen molar-refractivity contribution in [2.45, 2.75) is 6.92 Å². The summed E-state index contributed by atoms with van der Waals surface area (Å²) in [5, 5.41) is 0.711. The SMILES string of the molecule is Cc1ccc(N2CCN(c3cc(-c4ccc(Cl)cc4)nc(-c4cccnc4)n3)CC2)cc1. The Morgan fingerprint density at radius 3 is 2.19 bits per heavy atom. The molecule has 5 nitrogen and oxygen atoms in total. The highest BCUT2D eigenvalue weighted by Crippen LogP contribution is 2.28. The van der Waals surface area contributed by atoms with Crippen LogP contribution in [-0.2, 0) is 0 Å². The van der Waals surface area contributed by atoms with E-state index in [9.17, 15) is 0 Å². The van der Waals surface area contributed by atoms with Gasteiger partial charge in [-0.15, -0.1) is 0 Å². The highest BCUT2D eigenvalue weighted by Gasteiger charge is 2.20. The Bertz CT molecular complexity index is 1190. The van der Waals surface area contributed by atoms with Crippen molar-refractivity contribution in [1.29, 1.82) is 0 Å². The monoisotopic (exact) mass is 441 g/mol. The molecule has 1 fully saturated rings. The lowest BCUT2D eigenvalue weighted by molar-refractivity contribution is 0.647. The molecule has 0 bridgehead atoms. The van der Waals surface area contributed by atoms with E-state index in [1.54, 1.807) is 12.4 Å². The third kappa shape index (κ3) is 4.43. The predicted octanol–water partition coefficient (Wildman–Crippen LogP) is 5.49. The summed E-state index contributed by atoms with van der Waals surface area (Å²) >= 11 is 6.10. The van der Waals surface area contributed by atoms with Crippen LogP contribution in [0, 0.1) is 6.92 Å². The lowest BCUT2D eigenvalue weighted by Gasteiger charge is -2.37. The van der Waals surface area contributed by atoms with Gasteiger partial charge in [-0.25, -0.2) is 9.97 Å². The minimum absolute atomic E-state index is 0.682. The van der Waals surface area contributed by atoms with E-state index >= 15 is 0 Å². The van der Waals surface area contributed by atoms with Crippen molar-refractivity contribution < 1.29 is 0 Å². The van der Waals surface area contributed by atoms with Crippen molar-refractivity contribution in [2.24, 2.45) is 0 Å². The summed E-state index contributed by atoms with van der Waals surface area (Å²) in [6.07, 6.45) is 3.57. The molecule has 2 aromatic heterocycles. The number of anilines is 2. The van der Waals surface area contributed by atoms with Gasteiger partial charge in [-0.2, -0.15) is 0 Å². The van der Waals surface area contributed by atoms with Crippen LogP contribution in [0.5, 0.6) is 0 Å². The maximum atomic E-state index is 6.10. The van der Waals surface area contributed by atoms with Crippen molar-refractivity contribution in [1.82, 2.24) is 15.0 Å². The van der Waals surface area contributed by atoms with Gasteiger partial charge in [0.25, 0.3) is 0 Å². The molecule has 0 amide bonds. The molecule has 32 heavy (non-hydrogen) atoms. The summed E-state index contributed by atoms with van der Waals surface area (Å²) in [4.78, 5) is 18.8. The molecule has 2 aromatic carbocycles. The predicted molar refractivity (Wildman–Crippen MR) is 131 cm³/mol. The van der Waals surface area contributed by atoms with Crippen LogP contribution in [0.1, 0.15) is 5.56 Å². The van der Waals surface area contributed by atoms with E-state index in [4.69, 9.17) is 21.6 Å². The molecular formula is C26H24ClN5. The molecule has 5 rings (SSSR count). The molecule has 1 saturated heterocycles. The van der Waals surface area contributed by atoms with E-state index in [2.05, 4.69) is 52.0 Å². The molecule has 0 radical (unpaired) electrons. The zero-order chi connectivity index (χ0) is 21.9. The number of halogens is 1. The maximum Gasteiger partial charge on any atom is 0.163 e. The van der Waals surface area contributed by atoms with Gasteiger partial charge in [-0.1, -0.05) is 41.4 Å². The second kappa shape index (κ2) is 8.97. The number of rotatable bonds is 4. The van der Waals surface area contributed by atoms with Crippen LogP contribution < -0.4 is 9.80 Å². The molecule has 0 saturated carbocycles. The Kier molecular flexibility index (Phi) is 5.73. The van der Waals surface area contributed by atoms with Crippen LogP contribution in [0.2, 0.25) is 5.02 Å². The van der Waals surface area contributed by atoms with Gasteiger partial charge in [0.1, 0.15) is 5.82 Å². The first kappa shape index (κ1) is 20.5. The minimum Gasteiger partial charge on any atom is -0.368 e. The quantitative estimate of drug-likeness (QED) is 0.418. The maximum absolute atomic E-state index is 6.10. The molecule has 0 unspecified atom stereocenters. The van der Waals surface area contributed by atoms with E-state index in [0.29, 0.717) is 10.8 Å². The van der Waals surface area contributed by atoms with Crippen LogP contribution in [0.15, 0.2) is 79.1 Å². The first-order valence-electron chi connectivity index (χ1n) is 10.8. The number of aromatic nitrogens is 3. The standard InChI is InChI=1S/C26H24ClN5/c1-19-4-10-23(11-5-19)31-13-15-32(16-14-31)25-17-24(20-6-8-22(27)9-7-20)29-26(30-25)21-3-2-12-28-18-21/h2-12,17-18H,13-16H2,1H3. The highest BCUT2D eigenvalue weighted by molar-refractivity contribution is 6.30. The van der Waals surface area contributed by atoms with Crippen LogP contribution in [0.4, 0.5) is 11.5 Å². The van der Waals surface area contributed by atoms with Crippen molar-refractivity contribution in [3.63, 3.8) is 0 Å². The molecule has 3 heterocycles. The van der Waals surface area contributed by atoms with E-state index in [1.165, 1.54) is 11.3 Å². The van der Waals surface area contributed by atoms with E-state index in [0.717, 1.165) is 48.8 Å². The van der Waals surface area contributed by atoms with Crippen LogP contribution in [0.3, 0.4) is 0 Å². The first-order chi connectivity index (χ1) is 15.7. The molecule has 0 N–H and O–H groups in total. The summed E-state index contributed by atoms with van der Waals surface area (Å²) in [7, 11) is 0. The van der Waals surface area contributed by atoms with Crippen molar-refractivity contribution in [2.75, 3.05) is 36.0 Å². The third-order valence-corrected chi connectivity index (χ3v) is 6.03. The number of nitrogens with zero attached hydrogens (tertiary/aromatic N) is 5. The summed E-state index contributed by atoms with van der Waals surface area (Å²) in [5.41, 5.74) is 5.36. The molecule has 160 valence electrons. The fourth-order valence-electron chi connectivity index (χ4n) is 3.94. The molecule has 1 aliphatic heterocycles. The van der Waals surface area contributed by atoms with Crippen LogP contribution >= 0.6 is 11.6 Å². The highest BCUT2D eigenvalue weighted by atomic mass is 35.5. The molecule has 0 aliphatic carbocycles. The van der Waals surface area contributed by atoms with Gasteiger partial charge in [0, 0.05) is 66.5 Å². The summed E-state index contributed by atoms with van der Waals surface area (Å²) in [5.74, 6) is 1.62. The zero-order valence-corrected chi connectivity index (χ0v) is 18.7. The number of benzene rings is 2. The average molecular weight is 442 g/mol. The molecule has 6 heteroatoms. The lowest BCUT2D eigenvalue weighted by atomic mass is 10.1. The number of hydrogen-bond acceptors (Lipinski definition) is 5. The molecule has 0 atom stereocenters. The van der Waals surface area contributed by atoms with Gasteiger partial charge < -0.3 is 9.80 Å². The largest absolute Gasteiger partial charge is 0.368 e. The Morgan fingerprint density at radius 1 is 0.781 bits per heavy atom. The second-order valence-electron chi connectivity index (χ2n) is 7.99. The number of aryl methyl sites for hydroxylation is 1. The Hall–Kier alpha value is -3.44. The van der Waals surface area contributed by atoms with Gasteiger partial charge >= 0.3 is 0 Å². The van der Waals surface area contributed by atoms with Gasteiger partial charge in [0.2, 0.25) is 0 Å². The third-order valence-electron chi connectivity index (χ3n) is 5.78. The Morgan fingerprint density at radius 2 is 1.50 bits per heavy atom. The first-order valence-corrected chi connectivity index (χ1v) is 11.2. The number of hydrogen-bond donors (Lipinski definition) is 0. The zero-order valence-electron chi connectivity index (χ0n) is 17.9. The van der Waals surface area contributed by atoms with E-state index in [1.807, 2.05) is 36.4 Å². The lowest BCUT2D eigenvalue weighted by Crippen LogP contribution is -2.46. The minimum atomic E-state index is 0.682. The molecule has 1 aliphatic rings. The molecule has 0 spiro atoms. The van der Waals surface area contributed by atoms with Gasteiger partial charge in [-0.05, 0) is 43.3 Å². The van der Waals surface area contributed by atoms with Gasteiger partial charge in [-0.3, -0.25) is 4.98 Å². The summed E-state index contributed by atoms with van der Waals surface area (Å²) in [6.45, 7) is 5.82. The smallest absolute Gasteiger partial charge is 0.163 e.